The lowest BCUT2D eigenvalue weighted by Gasteiger charge is -2.18. The Hall–Kier alpha value is -6.02. The molecule has 11 nitrogen and oxygen atoms in total. The highest BCUT2D eigenvalue weighted by Gasteiger charge is 2.24. The van der Waals surface area contributed by atoms with Crippen molar-refractivity contribution in [3.63, 3.8) is 0 Å². The van der Waals surface area contributed by atoms with Crippen molar-refractivity contribution >= 4 is 22.8 Å². The van der Waals surface area contributed by atoms with E-state index in [1.807, 2.05) is 32.0 Å². The van der Waals surface area contributed by atoms with Crippen LogP contribution >= 0.6 is 0 Å². The molecule has 0 aliphatic heterocycles. The fourth-order valence-corrected chi connectivity index (χ4v) is 5.33. The van der Waals surface area contributed by atoms with Crippen LogP contribution in [0.4, 0.5) is 5.69 Å². The fourth-order valence-electron chi connectivity index (χ4n) is 5.33. The Morgan fingerprint density at radius 3 is 2.42 bits per heavy atom. The van der Waals surface area contributed by atoms with Crippen molar-refractivity contribution in [1.82, 2.24) is 9.66 Å². The highest BCUT2D eigenvalue weighted by molar-refractivity contribution is 5.84. The Kier molecular flexibility index (Phi) is 10.1. The molecule has 0 amide bonds. The van der Waals surface area contributed by atoms with Crippen LogP contribution in [0, 0.1) is 28.4 Å². The molecule has 0 N–H and O–H groups in total. The molecule has 0 unspecified atom stereocenters. The van der Waals surface area contributed by atoms with Crippen molar-refractivity contribution in [3.05, 3.63) is 121 Å². The number of nitrogens with zero attached hydrogens (tertiary/aromatic N) is 5. The highest BCUT2D eigenvalue weighted by Crippen LogP contribution is 2.39. The third kappa shape index (κ3) is 6.88. The Morgan fingerprint density at radius 2 is 1.71 bits per heavy atom. The van der Waals surface area contributed by atoms with E-state index in [-0.39, 0.29) is 36.3 Å². The molecule has 5 rings (SSSR count). The van der Waals surface area contributed by atoms with Gasteiger partial charge in [-0.05, 0) is 74.2 Å². The van der Waals surface area contributed by atoms with Crippen LogP contribution < -0.4 is 19.8 Å². The average Bonchev–Trinajstić information content (AvgIpc) is 3.07. The quantitative estimate of drug-likeness (QED) is 0.0770. The first kappa shape index (κ1) is 33.3. The number of aryl methyl sites for hydroxylation is 1. The molecular weight excluding hydrogens is 610 g/mol. The molecule has 244 valence electrons. The molecule has 5 aromatic rings. The molecule has 0 aliphatic carbocycles. The average molecular weight is 646 g/mol. The second-order valence-electron chi connectivity index (χ2n) is 11.2. The largest absolute Gasteiger partial charge is 0.494 e. The van der Waals surface area contributed by atoms with Gasteiger partial charge in [-0.15, -0.1) is 0 Å². The van der Waals surface area contributed by atoms with Crippen LogP contribution in [-0.2, 0) is 6.61 Å². The second-order valence-corrected chi connectivity index (χ2v) is 11.2. The van der Waals surface area contributed by atoms with Crippen LogP contribution in [0.25, 0.3) is 22.3 Å². The summed E-state index contributed by atoms with van der Waals surface area (Å²) in [6, 6.07) is 22.7. The minimum atomic E-state index is -0.572. The Balaban J connectivity index is 1.65. The summed E-state index contributed by atoms with van der Waals surface area (Å²) in [4.78, 5) is 30.5. The summed E-state index contributed by atoms with van der Waals surface area (Å²) in [6.45, 7) is 10.4. The lowest BCUT2D eigenvalue weighted by Crippen LogP contribution is -2.21. The Labute approximate surface area is 277 Å². The van der Waals surface area contributed by atoms with Gasteiger partial charge in [-0.3, -0.25) is 14.9 Å². The number of hydrogen-bond donors (Lipinski definition) is 0. The summed E-state index contributed by atoms with van der Waals surface area (Å²) >= 11 is 0. The van der Waals surface area contributed by atoms with Crippen molar-refractivity contribution in [3.8, 4) is 34.7 Å². The summed E-state index contributed by atoms with van der Waals surface area (Å²) in [6.07, 6.45) is 1.36. The molecule has 0 radical (unpaired) electrons. The number of nitriles is 1. The first-order valence-electron chi connectivity index (χ1n) is 15.6. The van der Waals surface area contributed by atoms with Crippen molar-refractivity contribution in [2.45, 2.75) is 47.1 Å². The monoisotopic (exact) mass is 645 g/mol. The van der Waals surface area contributed by atoms with E-state index >= 15 is 0 Å². The third-order valence-corrected chi connectivity index (χ3v) is 7.66. The lowest BCUT2D eigenvalue weighted by atomic mass is 9.96. The first-order chi connectivity index (χ1) is 23.2. The van der Waals surface area contributed by atoms with Gasteiger partial charge in [-0.25, -0.2) is 4.98 Å². The standard InChI is InChI=1S/C37H35N5O6/c1-6-46-33-16-24(5)30(19-29(33)23(3)4)36-40-31-15-11-10-14-28(31)37(43)41(36)39-21-25-17-32(42(44)45)35(34(18-25)47-7-2)48-22-27-13-9-8-12-26(27)20-38/h8-19,21,23H,6-7,22H2,1-5H3. The number of aromatic nitrogens is 2. The van der Waals surface area contributed by atoms with E-state index in [0.717, 1.165) is 16.9 Å². The summed E-state index contributed by atoms with van der Waals surface area (Å²) in [5.41, 5.74) is 3.52. The normalized spacial score (nSPS) is 11.2. The van der Waals surface area contributed by atoms with Crippen LogP contribution in [-0.4, -0.2) is 34.0 Å². The zero-order chi connectivity index (χ0) is 34.4. The van der Waals surface area contributed by atoms with E-state index in [1.165, 1.54) is 17.0 Å². The number of para-hydroxylation sites is 1. The van der Waals surface area contributed by atoms with Crippen molar-refractivity contribution in [2.75, 3.05) is 13.2 Å². The molecule has 1 heterocycles. The Morgan fingerprint density at radius 1 is 1.00 bits per heavy atom. The molecule has 0 saturated carbocycles. The molecular formula is C37H35N5O6. The van der Waals surface area contributed by atoms with E-state index in [2.05, 4.69) is 25.0 Å². The fraction of sp³-hybridized carbons (Fsp3) is 0.243. The number of benzene rings is 4. The van der Waals surface area contributed by atoms with E-state index in [1.54, 1.807) is 55.5 Å². The maximum atomic E-state index is 13.9. The molecule has 48 heavy (non-hydrogen) atoms. The summed E-state index contributed by atoms with van der Waals surface area (Å²) in [5.74, 6) is 1.25. The number of nitro benzene ring substituents is 1. The summed E-state index contributed by atoms with van der Waals surface area (Å²) in [7, 11) is 0. The zero-order valence-electron chi connectivity index (χ0n) is 27.4. The van der Waals surface area contributed by atoms with Gasteiger partial charge in [0, 0.05) is 22.8 Å². The minimum absolute atomic E-state index is 0.0804. The van der Waals surface area contributed by atoms with Gasteiger partial charge in [0.1, 0.15) is 12.4 Å². The van der Waals surface area contributed by atoms with Gasteiger partial charge < -0.3 is 14.2 Å². The van der Waals surface area contributed by atoms with Crippen LogP contribution in [0.2, 0.25) is 0 Å². The smallest absolute Gasteiger partial charge is 0.315 e. The van der Waals surface area contributed by atoms with E-state index in [9.17, 15) is 20.2 Å². The highest BCUT2D eigenvalue weighted by atomic mass is 16.6. The van der Waals surface area contributed by atoms with E-state index in [4.69, 9.17) is 19.2 Å². The lowest BCUT2D eigenvalue weighted by molar-refractivity contribution is -0.386. The van der Waals surface area contributed by atoms with Crippen molar-refractivity contribution < 1.29 is 19.1 Å². The number of ether oxygens (including phenoxy) is 3. The van der Waals surface area contributed by atoms with Gasteiger partial charge in [0.2, 0.25) is 5.75 Å². The third-order valence-electron chi connectivity index (χ3n) is 7.66. The van der Waals surface area contributed by atoms with Crippen LogP contribution in [0.15, 0.2) is 82.7 Å². The maximum Gasteiger partial charge on any atom is 0.315 e. The molecule has 0 atom stereocenters. The van der Waals surface area contributed by atoms with Gasteiger partial charge in [0.15, 0.2) is 11.6 Å². The molecule has 0 saturated heterocycles. The molecule has 11 heteroatoms. The van der Waals surface area contributed by atoms with Crippen molar-refractivity contribution in [2.24, 2.45) is 5.10 Å². The van der Waals surface area contributed by atoms with Crippen molar-refractivity contribution in [1.29, 1.82) is 5.26 Å². The molecule has 1 aromatic heterocycles. The van der Waals surface area contributed by atoms with E-state index in [0.29, 0.717) is 45.6 Å². The molecule has 0 spiro atoms. The molecule has 4 aromatic carbocycles. The van der Waals surface area contributed by atoms with Gasteiger partial charge in [0.25, 0.3) is 5.56 Å². The zero-order valence-corrected chi connectivity index (χ0v) is 27.4. The number of nitro groups is 1. The van der Waals surface area contributed by atoms with Crippen LogP contribution in [0.1, 0.15) is 61.4 Å². The van der Waals surface area contributed by atoms with Crippen LogP contribution in [0.5, 0.6) is 17.2 Å². The van der Waals surface area contributed by atoms with Gasteiger partial charge in [-0.2, -0.15) is 15.0 Å². The summed E-state index contributed by atoms with van der Waals surface area (Å²) in [5, 5.41) is 26.7. The molecule has 0 bridgehead atoms. The van der Waals surface area contributed by atoms with Gasteiger partial charge in [0.05, 0.1) is 46.9 Å². The second kappa shape index (κ2) is 14.6. The summed E-state index contributed by atoms with van der Waals surface area (Å²) < 4.78 is 18.8. The number of fused-ring (bicyclic) bond motifs is 1. The van der Waals surface area contributed by atoms with Crippen LogP contribution in [0.3, 0.4) is 0 Å². The van der Waals surface area contributed by atoms with Gasteiger partial charge in [-0.1, -0.05) is 44.2 Å². The Bertz CT molecular complexity index is 2130. The molecule has 0 fully saturated rings. The number of hydrogen-bond acceptors (Lipinski definition) is 9. The molecule has 0 aliphatic rings. The van der Waals surface area contributed by atoms with Gasteiger partial charge >= 0.3 is 5.69 Å². The predicted molar refractivity (Wildman–Crippen MR) is 184 cm³/mol. The SMILES string of the molecule is CCOc1cc(C)c(-c2nc3ccccc3c(=O)n2N=Cc2cc(OCC)c(OCc3ccccc3C#N)c([N+](=O)[O-])c2)cc1C(C)C. The number of rotatable bonds is 12. The minimum Gasteiger partial charge on any atom is -0.494 e. The predicted octanol–water partition coefficient (Wildman–Crippen LogP) is 7.53. The topological polar surface area (TPSA) is 142 Å². The van der Waals surface area contributed by atoms with E-state index < -0.39 is 10.5 Å². The first-order valence-corrected chi connectivity index (χ1v) is 15.6. The maximum absolute atomic E-state index is 13.9.